The van der Waals surface area contributed by atoms with Crippen LogP contribution in [0.4, 0.5) is 5.69 Å². The molecule has 2 aromatic carbocycles. The molecule has 3 nitrogen and oxygen atoms in total. The van der Waals surface area contributed by atoms with Gasteiger partial charge in [0.25, 0.3) is 0 Å². The first kappa shape index (κ1) is 15.8. The number of nitrogens with zero attached hydrogens (tertiary/aromatic N) is 1. The molecule has 3 heteroatoms. The van der Waals surface area contributed by atoms with Gasteiger partial charge in [-0.3, -0.25) is 9.69 Å². The molecular weight excluding hydrogens is 284 g/mol. The van der Waals surface area contributed by atoms with E-state index in [2.05, 4.69) is 34.5 Å². The van der Waals surface area contributed by atoms with Crippen LogP contribution >= 0.6 is 0 Å². The summed E-state index contributed by atoms with van der Waals surface area (Å²) in [7, 11) is 0. The third-order valence-corrected chi connectivity index (χ3v) is 4.44. The van der Waals surface area contributed by atoms with E-state index in [4.69, 9.17) is 0 Å². The number of nitrogens with one attached hydrogen (secondary N) is 1. The van der Waals surface area contributed by atoms with Crippen LogP contribution in [0.5, 0.6) is 0 Å². The number of carbonyl (C=O) groups is 1. The van der Waals surface area contributed by atoms with Crippen molar-refractivity contribution in [2.45, 2.75) is 26.3 Å². The van der Waals surface area contributed by atoms with Crippen LogP contribution in [0.15, 0.2) is 54.6 Å². The highest BCUT2D eigenvalue weighted by Crippen LogP contribution is 2.20. The molecule has 0 spiro atoms. The Balaban J connectivity index is 1.57. The van der Waals surface area contributed by atoms with E-state index in [0.717, 1.165) is 38.2 Å². The van der Waals surface area contributed by atoms with Crippen LogP contribution in [-0.2, 0) is 11.3 Å². The van der Waals surface area contributed by atoms with Crippen LogP contribution in [0.1, 0.15) is 24.0 Å². The topological polar surface area (TPSA) is 32.3 Å². The minimum absolute atomic E-state index is 0.0776. The minimum Gasteiger partial charge on any atom is -0.326 e. The summed E-state index contributed by atoms with van der Waals surface area (Å²) in [6.07, 6.45) is 2.06. The second-order valence-corrected chi connectivity index (χ2v) is 6.42. The highest BCUT2D eigenvalue weighted by Gasteiger charge is 2.25. The van der Waals surface area contributed by atoms with Crippen molar-refractivity contribution in [3.63, 3.8) is 0 Å². The summed E-state index contributed by atoms with van der Waals surface area (Å²) in [6.45, 7) is 4.89. The molecule has 0 unspecified atom stereocenters. The zero-order valence-electron chi connectivity index (χ0n) is 13.7. The van der Waals surface area contributed by atoms with Crippen molar-refractivity contribution < 1.29 is 4.79 Å². The first-order chi connectivity index (χ1) is 11.2. The van der Waals surface area contributed by atoms with Crippen LogP contribution in [0.3, 0.4) is 0 Å². The van der Waals surface area contributed by atoms with Gasteiger partial charge in [0.2, 0.25) is 5.91 Å². The molecule has 1 aliphatic rings. The van der Waals surface area contributed by atoms with Gasteiger partial charge in [0.1, 0.15) is 0 Å². The molecule has 3 rings (SSSR count). The number of piperidine rings is 1. The predicted molar refractivity (Wildman–Crippen MR) is 94.3 cm³/mol. The van der Waals surface area contributed by atoms with E-state index in [-0.39, 0.29) is 11.8 Å². The summed E-state index contributed by atoms with van der Waals surface area (Å²) in [5, 5.41) is 3.06. The van der Waals surface area contributed by atoms with Gasteiger partial charge in [0.15, 0.2) is 0 Å². The standard InChI is InChI=1S/C20H24N2O/c1-16-9-11-19(12-10-16)21-20(23)18-8-5-13-22(15-18)14-17-6-3-2-4-7-17/h2-4,6-7,9-12,18H,5,8,13-15H2,1H3,(H,21,23)/t18-/m1/s1. The van der Waals surface area contributed by atoms with Gasteiger partial charge in [0.05, 0.1) is 5.92 Å². The third-order valence-electron chi connectivity index (χ3n) is 4.44. The van der Waals surface area contributed by atoms with Crippen LogP contribution in [0.25, 0.3) is 0 Å². The van der Waals surface area contributed by atoms with Crippen LogP contribution < -0.4 is 5.32 Å². The molecule has 1 N–H and O–H groups in total. The number of amides is 1. The van der Waals surface area contributed by atoms with Crippen molar-refractivity contribution in [3.8, 4) is 0 Å². The van der Waals surface area contributed by atoms with Crippen molar-refractivity contribution in [1.82, 2.24) is 4.90 Å². The number of benzene rings is 2. The van der Waals surface area contributed by atoms with Gasteiger partial charge >= 0.3 is 0 Å². The molecule has 23 heavy (non-hydrogen) atoms. The summed E-state index contributed by atoms with van der Waals surface area (Å²) < 4.78 is 0. The molecule has 1 saturated heterocycles. The number of hydrogen-bond donors (Lipinski definition) is 1. The summed E-state index contributed by atoms with van der Waals surface area (Å²) in [6, 6.07) is 18.5. The van der Waals surface area contributed by atoms with Gasteiger partial charge in [0, 0.05) is 18.8 Å². The number of likely N-dealkylation sites (tertiary alicyclic amines) is 1. The summed E-state index contributed by atoms with van der Waals surface area (Å²) in [5.41, 5.74) is 3.41. The first-order valence-corrected chi connectivity index (χ1v) is 8.34. The largest absolute Gasteiger partial charge is 0.326 e. The van der Waals surface area contributed by atoms with Crippen LogP contribution in [0.2, 0.25) is 0 Å². The second kappa shape index (κ2) is 7.42. The predicted octanol–water partition coefficient (Wildman–Crippen LogP) is 3.85. The van der Waals surface area contributed by atoms with Gasteiger partial charge in [-0.15, -0.1) is 0 Å². The normalized spacial score (nSPS) is 18.6. The molecule has 1 atom stereocenters. The third kappa shape index (κ3) is 4.42. The van der Waals surface area contributed by atoms with Crippen LogP contribution in [-0.4, -0.2) is 23.9 Å². The van der Waals surface area contributed by atoms with E-state index < -0.39 is 0 Å². The molecule has 0 bridgehead atoms. The molecular formula is C20H24N2O. The van der Waals surface area contributed by atoms with Crippen LogP contribution in [0, 0.1) is 12.8 Å². The highest BCUT2D eigenvalue weighted by molar-refractivity contribution is 5.92. The lowest BCUT2D eigenvalue weighted by Crippen LogP contribution is -2.40. The van der Waals surface area contributed by atoms with Crippen molar-refractivity contribution in [2.24, 2.45) is 5.92 Å². The Bertz CT molecular complexity index is 636. The minimum atomic E-state index is 0.0776. The van der Waals surface area contributed by atoms with E-state index in [1.54, 1.807) is 0 Å². The molecule has 120 valence electrons. The number of aryl methyl sites for hydroxylation is 1. The Kier molecular flexibility index (Phi) is 5.09. The van der Waals surface area contributed by atoms with Crippen molar-refractivity contribution in [1.29, 1.82) is 0 Å². The Hall–Kier alpha value is -2.13. The fourth-order valence-electron chi connectivity index (χ4n) is 3.14. The molecule has 0 aliphatic carbocycles. The number of anilines is 1. The summed E-state index contributed by atoms with van der Waals surface area (Å²) >= 11 is 0. The van der Waals surface area contributed by atoms with Gasteiger partial charge < -0.3 is 5.32 Å². The summed E-state index contributed by atoms with van der Waals surface area (Å²) in [4.78, 5) is 14.9. The highest BCUT2D eigenvalue weighted by atomic mass is 16.1. The molecule has 1 amide bonds. The monoisotopic (exact) mass is 308 g/mol. The van der Waals surface area contributed by atoms with Gasteiger partial charge in [-0.05, 0) is 44.0 Å². The smallest absolute Gasteiger partial charge is 0.228 e. The Morgan fingerprint density at radius 3 is 2.61 bits per heavy atom. The number of carbonyl (C=O) groups excluding carboxylic acids is 1. The SMILES string of the molecule is Cc1ccc(NC(=O)[C@@H]2CCCN(Cc3ccccc3)C2)cc1. The lowest BCUT2D eigenvalue weighted by Gasteiger charge is -2.32. The van der Waals surface area contributed by atoms with Crippen molar-refractivity contribution in [2.75, 3.05) is 18.4 Å². The first-order valence-electron chi connectivity index (χ1n) is 8.34. The van der Waals surface area contributed by atoms with Crippen molar-refractivity contribution >= 4 is 11.6 Å². The fraction of sp³-hybridized carbons (Fsp3) is 0.350. The van der Waals surface area contributed by atoms with Gasteiger partial charge in [-0.1, -0.05) is 48.0 Å². The maximum absolute atomic E-state index is 12.5. The molecule has 1 heterocycles. The molecule has 0 saturated carbocycles. The Morgan fingerprint density at radius 2 is 1.87 bits per heavy atom. The molecule has 0 radical (unpaired) electrons. The Labute approximate surface area is 138 Å². The van der Waals surface area contributed by atoms with E-state index >= 15 is 0 Å². The average Bonchev–Trinajstić information content (AvgIpc) is 2.58. The Morgan fingerprint density at radius 1 is 1.13 bits per heavy atom. The average molecular weight is 308 g/mol. The van der Waals surface area contributed by atoms with Crippen molar-refractivity contribution in [3.05, 3.63) is 65.7 Å². The van der Waals surface area contributed by atoms with E-state index in [0.29, 0.717) is 0 Å². The lowest BCUT2D eigenvalue weighted by molar-refractivity contribution is -0.121. The zero-order chi connectivity index (χ0) is 16.1. The van der Waals surface area contributed by atoms with Gasteiger partial charge in [-0.25, -0.2) is 0 Å². The van der Waals surface area contributed by atoms with Gasteiger partial charge in [-0.2, -0.15) is 0 Å². The fourth-order valence-corrected chi connectivity index (χ4v) is 3.14. The van der Waals surface area contributed by atoms with E-state index in [1.807, 2.05) is 37.3 Å². The number of hydrogen-bond acceptors (Lipinski definition) is 2. The maximum atomic E-state index is 12.5. The second-order valence-electron chi connectivity index (χ2n) is 6.42. The van der Waals surface area contributed by atoms with E-state index in [1.165, 1.54) is 11.1 Å². The zero-order valence-corrected chi connectivity index (χ0v) is 13.7. The quantitative estimate of drug-likeness (QED) is 0.930. The molecule has 1 fully saturated rings. The molecule has 2 aromatic rings. The maximum Gasteiger partial charge on any atom is 0.228 e. The molecule has 0 aromatic heterocycles. The summed E-state index contributed by atoms with van der Waals surface area (Å²) in [5.74, 6) is 0.223. The number of rotatable bonds is 4. The van der Waals surface area contributed by atoms with E-state index in [9.17, 15) is 4.79 Å². The molecule has 1 aliphatic heterocycles. The lowest BCUT2D eigenvalue weighted by atomic mass is 9.96.